The second-order valence-electron chi connectivity index (χ2n) is 7.72. The van der Waals surface area contributed by atoms with E-state index in [2.05, 4.69) is 15.3 Å². The molecular formula is C24H19F3N4O3. The number of alkyl halides is 3. The van der Waals surface area contributed by atoms with Crippen molar-refractivity contribution in [3.8, 4) is 22.7 Å². The Bertz CT molecular complexity index is 1320. The van der Waals surface area contributed by atoms with Gasteiger partial charge in [-0.3, -0.25) is 9.78 Å². The van der Waals surface area contributed by atoms with Crippen molar-refractivity contribution in [3.05, 3.63) is 94.9 Å². The topological polar surface area (TPSA) is 95.0 Å². The van der Waals surface area contributed by atoms with E-state index in [1.54, 1.807) is 31.3 Å². The van der Waals surface area contributed by atoms with Crippen LogP contribution in [0.25, 0.3) is 22.7 Å². The molecule has 0 aliphatic rings. The molecule has 1 aromatic carbocycles. The number of carbonyl (C=O) groups excluding carboxylic acids is 1. The molecule has 4 rings (SSSR count). The van der Waals surface area contributed by atoms with Gasteiger partial charge in [0.25, 0.3) is 11.6 Å². The Morgan fingerprint density at radius 3 is 2.50 bits per heavy atom. The van der Waals surface area contributed by atoms with Crippen LogP contribution in [0.4, 0.5) is 13.2 Å². The molecule has 174 valence electrons. The van der Waals surface area contributed by atoms with E-state index in [1.807, 2.05) is 19.1 Å². The molecule has 0 saturated heterocycles. The summed E-state index contributed by atoms with van der Waals surface area (Å²) in [5.74, 6) is -0.183. The summed E-state index contributed by atoms with van der Waals surface area (Å²) in [7, 11) is 0. The van der Waals surface area contributed by atoms with Crippen molar-refractivity contribution in [3.63, 3.8) is 0 Å². The molecule has 34 heavy (non-hydrogen) atoms. The van der Waals surface area contributed by atoms with Gasteiger partial charge in [-0.05, 0) is 49.7 Å². The third-order valence-electron chi connectivity index (χ3n) is 5.16. The lowest BCUT2D eigenvalue weighted by Gasteiger charge is -2.16. The number of rotatable bonds is 5. The fraction of sp³-hybridized carbons (Fsp3) is 0.167. The van der Waals surface area contributed by atoms with E-state index in [0.717, 1.165) is 17.8 Å². The van der Waals surface area contributed by atoms with Crippen molar-refractivity contribution in [2.45, 2.75) is 26.1 Å². The Kier molecular flexibility index (Phi) is 6.06. The van der Waals surface area contributed by atoms with Gasteiger partial charge in [-0.2, -0.15) is 17.9 Å². The number of hydrogen-bond acceptors (Lipinski definition) is 5. The number of oxazole rings is 1. The maximum Gasteiger partial charge on any atom is 0.478 e. The summed E-state index contributed by atoms with van der Waals surface area (Å²) >= 11 is 0. The Balaban J connectivity index is 1.64. The lowest BCUT2D eigenvalue weighted by Crippen LogP contribution is -2.38. The fourth-order valence-electron chi connectivity index (χ4n) is 3.37. The van der Waals surface area contributed by atoms with Crippen molar-refractivity contribution in [1.82, 2.24) is 15.3 Å². The smallest absolute Gasteiger partial charge is 0.478 e. The molecule has 1 N–H and O–H groups in total. The molecule has 4 aromatic rings. The zero-order valence-electron chi connectivity index (χ0n) is 18.1. The van der Waals surface area contributed by atoms with Crippen LogP contribution in [-0.2, 0) is 6.18 Å². The number of aromatic nitrogens is 3. The SMILES string of the molecule is Cc1ccc(-c2cc(C(=O)NC(C)c3ccc(C(F)(F)F)[n+]([O-])c3)cc(-c3ncco3)c2)nc1. The van der Waals surface area contributed by atoms with E-state index in [0.29, 0.717) is 28.8 Å². The highest BCUT2D eigenvalue weighted by Gasteiger charge is 2.39. The number of nitrogens with zero attached hydrogens (tertiary/aromatic N) is 3. The summed E-state index contributed by atoms with van der Waals surface area (Å²) in [6.45, 7) is 3.48. The van der Waals surface area contributed by atoms with Crippen LogP contribution in [0.2, 0.25) is 0 Å². The van der Waals surface area contributed by atoms with E-state index in [1.165, 1.54) is 12.5 Å². The molecule has 0 fully saturated rings. The van der Waals surface area contributed by atoms with Crippen LogP contribution in [0.3, 0.4) is 0 Å². The first-order chi connectivity index (χ1) is 16.1. The van der Waals surface area contributed by atoms with Gasteiger partial charge in [0.2, 0.25) is 5.89 Å². The maximum absolute atomic E-state index is 13.1. The Morgan fingerprint density at radius 1 is 1.12 bits per heavy atom. The number of pyridine rings is 2. The average molecular weight is 468 g/mol. The quantitative estimate of drug-likeness (QED) is 0.334. The zero-order chi connectivity index (χ0) is 24.5. The van der Waals surface area contributed by atoms with Gasteiger partial charge in [0.05, 0.1) is 17.9 Å². The average Bonchev–Trinajstić information content (AvgIpc) is 3.33. The van der Waals surface area contributed by atoms with Gasteiger partial charge in [-0.25, -0.2) is 4.98 Å². The van der Waals surface area contributed by atoms with Crippen LogP contribution in [0, 0.1) is 12.1 Å². The van der Waals surface area contributed by atoms with Gasteiger partial charge in [-0.1, -0.05) is 6.07 Å². The first-order valence-electron chi connectivity index (χ1n) is 10.2. The van der Waals surface area contributed by atoms with Gasteiger partial charge in [0.15, 0.2) is 6.20 Å². The molecule has 3 heterocycles. The van der Waals surface area contributed by atoms with E-state index < -0.39 is 23.8 Å². The van der Waals surface area contributed by atoms with E-state index in [4.69, 9.17) is 4.42 Å². The molecule has 1 unspecified atom stereocenters. The molecule has 0 saturated carbocycles. The molecule has 0 aliphatic carbocycles. The molecule has 1 amide bonds. The number of hydrogen-bond donors (Lipinski definition) is 1. The second-order valence-corrected chi connectivity index (χ2v) is 7.72. The van der Waals surface area contributed by atoms with E-state index >= 15 is 0 Å². The van der Waals surface area contributed by atoms with Gasteiger partial charge in [0, 0.05) is 34.5 Å². The summed E-state index contributed by atoms with van der Waals surface area (Å²) in [4.78, 5) is 21.6. The molecule has 0 aliphatic heterocycles. The first-order valence-corrected chi connectivity index (χ1v) is 10.2. The highest BCUT2D eigenvalue weighted by Crippen LogP contribution is 2.28. The van der Waals surface area contributed by atoms with Crippen LogP contribution in [0.1, 0.15) is 40.1 Å². The number of halogens is 3. The van der Waals surface area contributed by atoms with Crippen molar-refractivity contribution in [2.24, 2.45) is 0 Å². The highest BCUT2D eigenvalue weighted by molar-refractivity contribution is 5.97. The first kappa shape index (κ1) is 23.0. The minimum absolute atomic E-state index is 0.223. The second kappa shape index (κ2) is 8.97. The predicted octanol–water partition coefficient (Wildman–Crippen LogP) is 4.86. The molecular weight excluding hydrogens is 449 g/mol. The molecule has 10 heteroatoms. The van der Waals surface area contributed by atoms with Crippen LogP contribution >= 0.6 is 0 Å². The van der Waals surface area contributed by atoms with Gasteiger partial charge in [0.1, 0.15) is 6.26 Å². The summed E-state index contributed by atoms with van der Waals surface area (Å²) in [6, 6.07) is 9.86. The molecule has 1 atom stereocenters. The van der Waals surface area contributed by atoms with Crippen LogP contribution in [-0.4, -0.2) is 15.9 Å². The number of nitrogens with one attached hydrogen (secondary N) is 1. The van der Waals surface area contributed by atoms with Crippen molar-refractivity contribution in [1.29, 1.82) is 0 Å². The highest BCUT2D eigenvalue weighted by atomic mass is 19.4. The number of amides is 1. The van der Waals surface area contributed by atoms with E-state index in [9.17, 15) is 23.2 Å². The fourth-order valence-corrected chi connectivity index (χ4v) is 3.37. The third kappa shape index (κ3) is 4.90. The minimum Gasteiger partial charge on any atom is -0.618 e. The predicted molar refractivity (Wildman–Crippen MR) is 116 cm³/mol. The Labute approximate surface area is 192 Å². The third-order valence-corrected chi connectivity index (χ3v) is 5.16. The summed E-state index contributed by atoms with van der Waals surface area (Å²) in [5, 5.41) is 14.5. The van der Waals surface area contributed by atoms with Gasteiger partial charge in [-0.15, -0.1) is 0 Å². The number of carbonyl (C=O) groups is 1. The summed E-state index contributed by atoms with van der Waals surface area (Å²) < 4.78 is 43.7. The molecule has 0 radical (unpaired) electrons. The molecule has 0 spiro atoms. The summed E-state index contributed by atoms with van der Waals surface area (Å²) in [5.41, 5.74) is 1.98. The van der Waals surface area contributed by atoms with Crippen LogP contribution in [0.15, 0.2) is 71.7 Å². The lowest BCUT2D eigenvalue weighted by molar-refractivity contribution is -0.629. The number of benzene rings is 1. The molecule has 0 bridgehead atoms. The standard InChI is InChI=1S/C24H19F3N4O3/c1-14-3-5-20(29-12-14)17-9-18(11-19(10-17)23-28-7-8-34-23)22(32)30-15(2)16-4-6-21(24(25,26)27)31(33)13-16/h3-13,15H,1-2H3,(H,30,32). The number of aryl methyl sites for hydroxylation is 1. The maximum atomic E-state index is 13.1. The minimum atomic E-state index is -4.77. The zero-order valence-corrected chi connectivity index (χ0v) is 18.1. The largest absolute Gasteiger partial charge is 0.618 e. The van der Waals surface area contributed by atoms with Crippen LogP contribution < -0.4 is 10.0 Å². The Morgan fingerprint density at radius 2 is 1.88 bits per heavy atom. The van der Waals surface area contributed by atoms with Crippen molar-refractivity contribution >= 4 is 5.91 Å². The lowest BCUT2D eigenvalue weighted by atomic mass is 10.0. The molecule has 3 aromatic heterocycles. The van der Waals surface area contributed by atoms with Crippen molar-refractivity contribution < 1.29 is 27.1 Å². The van der Waals surface area contributed by atoms with Gasteiger partial charge >= 0.3 is 6.18 Å². The van der Waals surface area contributed by atoms with Crippen molar-refractivity contribution in [2.75, 3.05) is 0 Å². The monoisotopic (exact) mass is 468 g/mol. The Hall–Kier alpha value is -4.21. The van der Waals surface area contributed by atoms with Crippen LogP contribution in [0.5, 0.6) is 0 Å². The van der Waals surface area contributed by atoms with E-state index in [-0.39, 0.29) is 15.9 Å². The molecule has 7 nitrogen and oxygen atoms in total. The normalized spacial score (nSPS) is 12.4. The summed E-state index contributed by atoms with van der Waals surface area (Å²) in [6.07, 6.45) is 0.636. The van der Waals surface area contributed by atoms with Gasteiger partial charge < -0.3 is 14.9 Å².